The summed E-state index contributed by atoms with van der Waals surface area (Å²) >= 11 is 0. The van der Waals surface area contributed by atoms with Crippen molar-refractivity contribution in [3.63, 3.8) is 0 Å². The van der Waals surface area contributed by atoms with Crippen molar-refractivity contribution in [1.29, 1.82) is 0 Å². The van der Waals surface area contributed by atoms with Gasteiger partial charge in [-0.05, 0) is 0 Å². The fraction of sp³-hybridized carbons (Fsp3) is 0.345. The third-order valence-corrected chi connectivity index (χ3v) is 12.1. The second-order valence-corrected chi connectivity index (χ2v) is 14.4. The average molecular weight is 638 g/mol. The molecule has 0 aromatic heterocycles. The maximum absolute atomic E-state index is 13.4. The number of ether oxygens (including phenoxy) is 9. The van der Waals surface area contributed by atoms with Gasteiger partial charge in [-0.3, -0.25) is 4.79 Å². The molecular formula is C29H36O10P3. The number of benzene rings is 3. The van der Waals surface area contributed by atoms with Crippen LogP contribution in [0.4, 0.5) is 0 Å². The predicted molar refractivity (Wildman–Crippen MR) is 171 cm³/mol. The summed E-state index contributed by atoms with van der Waals surface area (Å²) in [7, 11) is 13.5. The number of hydrogen-bond acceptors (Lipinski definition) is 10. The first kappa shape index (κ1) is 33.3. The van der Waals surface area contributed by atoms with Crippen molar-refractivity contribution in [1.82, 2.24) is 0 Å². The van der Waals surface area contributed by atoms with E-state index in [9.17, 15) is 4.79 Å². The van der Waals surface area contributed by atoms with E-state index in [4.69, 9.17) is 42.6 Å². The van der Waals surface area contributed by atoms with Crippen LogP contribution in [0.3, 0.4) is 0 Å². The van der Waals surface area contributed by atoms with Crippen LogP contribution in [0.5, 0.6) is 51.7 Å². The van der Waals surface area contributed by atoms with Crippen molar-refractivity contribution < 1.29 is 47.4 Å². The Balaban J connectivity index is 2.33. The van der Waals surface area contributed by atoms with Crippen LogP contribution in [-0.4, -0.2) is 74.9 Å². The molecule has 42 heavy (non-hydrogen) atoms. The Bertz CT molecular complexity index is 1150. The monoisotopic (exact) mass is 637 g/mol. The lowest BCUT2D eigenvalue weighted by Crippen LogP contribution is -2.25. The van der Waals surface area contributed by atoms with E-state index in [1.54, 1.807) is 100 Å². The Morgan fingerprint density at radius 2 is 0.643 bits per heavy atom. The fourth-order valence-corrected chi connectivity index (χ4v) is 10.2. The lowest BCUT2D eigenvalue weighted by Gasteiger charge is -2.31. The normalized spacial score (nSPS) is 12.9. The van der Waals surface area contributed by atoms with Crippen molar-refractivity contribution in [3.05, 3.63) is 36.4 Å². The van der Waals surface area contributed by atoms with Crippen molar-refractivity contribution in [2.75, 3.05) is 64.0 Å². The van der Waals surface area contributed by atoms with Gasteiger partial charge < -0.3 is 42.6 Å². The molecule has 1 radical (unpaired) electrons. The summed E-state index contributed by atoms with van der Waals surface area (Å²) in [5.74, 6) is 4.76. The fourth-order valence-electron chi connectivity index (χ4n) is 4.12. The van der Waals surface area contributed by atoms with Crippen LogP contribution in [0.15, 0.2) is 36.4 Å². The molecule has 0 saturated heterocycles. The van der Waals surface area contributed by atoms with Crippen molar-refractivity contribution in [2.24, 2.45) is 0 Å². The van der Waals surface area contributed by atoms with E-state index in [0.717, 1.165) is 0 Å². The third kappa shape index (κ3) is 7.23. The zero-order valence-corrected chi connectivity index (χ0v) is 28.0. The van der Waals surface area contributed by atoms with Gasteiger partial charge in [-0.1, -0.05) is 25.7 Å². The summed E-state index contributed by atoms with van der Waals surface area (Å²) in [4.78, 5) is 13.4. The van der Waals surface area contributed by atoms with E-state index in [0.29, 0.717) is 67.7 Å². The molecule has 3 rings (SSSR count). The maximum atomic E-state index is 13.4. The van der Waals surface area contributed by atoms with Crippen LogP contribution in [0.25, 0.3) is 0 Å². The predicted octanol–water partition coefficient (Wildman–Crippen LogP) is 3.84. The molecule has 0 fully saturated rings. The van der Waals surface area contributed by atoms with Gasteiger partial charge in [0, 0.05) is 36.4 Å². The summed E-state index contributed by atoms with van der Waals surface area (Å²) in [6.45, 7) is 0. The van der Waals surface area contributed by atoms with Gasteiger partial charge in [-0.25, -0.2) is 0 Å². The van der Waals surface area contributed by atoms with Crippen LogP contribution >= 0.6 is 25.7 Å². The van der Waals surface area contributed by atoms with Gasteiger partial charge in [0.2, 0.25) is 6.29 Å². The largest absolute Gasteiger partial charge is 0.496 e. The Morgan fingerprint density at radius 1 is 0.429 bits per heavy atom. The molecule has 0 aliphatic carbocycles. The van der Waals surface area contributed by atoms with E-state index in [-0.39, 0.29) is 25.7 Å². The summed E-state index contributed by atoms with van der Waals surface area (Å²) in [6, 6.07) is 10.6. The summed E-state index contributed by atoms with van der Waals surface area (Å²) in [5, 5.41) is 2.09. The van der Waals surface area contributed by atoms with Crippen molar-refractivity contribution >= 4 is 47.9 Å². The molecule has 0 bridgehead atoms. The van der Waals surface area contributed by atoms with Crippen molar-refractivity contribution in [3.8, 4) is 51.7 Å². The first-order valence-electron chi connectivity index (χ1n) is 12.4. The Hall–Kier alpha value is -3.18. The molecule has 10 nitrogen and oxygen atoms in total. The lowest BCUT2D eigenvalue weighted by molar-refractivity contribution is 0.380. The maximum Gasteiger partial charge on any atom is 0.219 e. The van der Waals surface area contributed by atoms with Crippen LogP contribution in [0, 0.1) is 0 Å². The molecule has 3 aromatic carbocycles. The van der Waals surface area contributed by atoms with Gasteiger partial charge >= 0.3 is 0 Å². The third-order valence-electron chi connectivity index (χ3n) is 6.24. The molecule has 0 aliphatic heterocycles. The second-order valence-electron chi connectivity index (χ2n) is 8.45. The minimum Gasteiger partial charge on any atom is -0.496 e. The van der Waals surface area contributed by atoms with E-state index in [1.165, 1.54) is 0 Å². The van der Waals surface area contributed by atoms with Gasteiger partial charge in [0.1, 0.15) is 51.7 Å². The number of carbonyl (C=O) groups excluding carboxylic acids is 1. The van der Waals surface area contributed by atoms with Crippen LogP contribution in [0.1, 0.15) is 0 Å². The highest BCUT2D eigenvalue weighted by Gasteiger charge is 2.39. The van der Waals surface area contributed by atoms with Gasteiger partial charge in [0.05, 0.1) is 84.5 Å². The molecule has 0 amide bonds. The molecule has 3 aromatic rings. The van der Waals surface area contributed by atoms with Gasteiger partial charge in [-0.2, -0.15) is 0 Å². The first-order chi connectivity index (χ1) is 20.3. The van der Waals surface area contributed by atoms with Crippen LogP contribution in [0.2, 0.25) is 0 Å². The molecule has 0 N–H and O–H groups in total. The Kier molecular flexibility index (Phi) is 12.2. The molecule has 0 aliphatic rings. The van der Waals surface area contributed by atoms with Gasteiger partial charge in [0.15, 0.2) is 0 Å². The summed E-state index contributed by atoms with van der Waals surface area (Å²) < 4.78 is 49.7. The molecule has 0 spiro atoms. The molecule has 3 atom stereocenters. The van der Waals surface area contributed by atoms with Crippen molar-refractivity contribution in [2.45, 2.75) is 4.64 Å². The molecule has 227 valence electrons. The zero-order chi connectivity index (χ0) is 30.9. The Morgan fingerprint density at radius 3 is 0.786 bits per heavy atom. The second kappa shape index (κ2) is 15.3. The smallest absolute Gasteiger partial charge is 0.219 e. The number of rotatable bonds is 16. The summed E-state index contributed by atoms with van der Waals surface area (Å²) in [5.41, 5.74) is 0. The topological polar surface area (TPSA) is 100 Å². The molecule has 3 unspecified atom stereocenters. The van der Waals surface area contributed by atoms with Crippen LogP contribution < -0.4 is 58.5 Å². The highest BCUT2D eigenvalue weighted by molar-refractivity contribution is 7.85. The number of methoxy groups -OCH3 is 9. The van der Waals surface area contributed by atoms with Crippen LogP contribution in [-0.2, 0) is 4.79 Å². The minimum absolute atomic E-state index is 0.177. The van der Waals surface area contributed by atoms with E-state index >= 15 is 0 Å². The highest BCUT2D eigenvalue weighted by Crippen LogP contribution is 2.60. The van der Waals surface area contributed by atoms with E-state index in [1.807, 2.05) is 0 Å². The molecule has 0 heterocycles. The van der Waals surface area contributed by atoms with E-state index < -0.39 is 4.64 Å². The standard InChI is InChI=1S/C29H36O10P3/c1-31-17-10-20(34-4)26(21(11-17)35-5)40-29(16-30,41-27-22(36-6)12-18(32-2)13-23(27)37-7)42-28-24(38-8)14-19(33-3)15-25(28)39-9/h10-15,40-42H,1-9H3. The minimum atomic E-state index is -1.15. The lowest BCUT2D eigenvalue weighted by atomic mass is 10.3. The van der Waals surface area contributed by atoms with Gasteiger partial charge in [0.25, 0.3) is 0 Å². The molecule has 0 saturated carbocycles. The quantitative estimate of drug-likeness (QED) is 0.216. The zero-order valence-electron chi connectivity index (χ0n) is 25.0. The molecular weight excluding hydrogens is 601 g/mol. The SMILES string of the molecule is COc1cc(OC)c(PC([C]=O)(Pc2c(OC)cc(OC)cc2OC)Pc2c(OC)cc(OC)cc2OC)c(OC)c1. The summed E-state index contributed by atoms with van der Waals surface area (Å²) in [6.07, 6.45) is 2.41. The highest BCUT2D eigenvalue weighted by atomic mass is 31.2. The number of hydrogen-bond donors (Lipinski definition) is 0. The van der Waals surface area contributed by atoms with E-state index in [2.05, 4.69) is 6.29 Å². The average Bonchev–Trinajstić information content (AvgIpc) is 3.04. The Labute approximate surface area is 251 Å². The van der Waals surface area contributed by atoms with Gasteiger partial charge in [-0.15, -0.1) is 0 Å². The molecule has 13 heteroatoms. The first-order valence-corrected chi connectivity index (χ1v) is 15.4.